The van der Waals surface area contributed by atoms with E-state index in [9.17, 15) is 4.79 Å². The molecule has 0 saturated carbocycles. The Hall–Kier alpha value is -2.05. The van der Waals surface area contributed by atoms with Crippen molar-refractivity contribution in [3.05, 3.63) is 58.1 Å². The van der Waals surface area contributed by atoms with Crippen LogP contribution in [0, 0.1) is 0 Å². The summed E-state index contributed by atoms with van der Waals surface area (Å²) >= 11 is 3.39. The van der Waals surface area contributed by atoms with Gasteiger partial charge in [0.15, 0.2) is 11.5 Å². The standard InChI is InChI=1S/C20H22BrNO4/c1-24-19-11-14(8-9-18(19)26-13-15-5-4-10-25-15)12-22-20(23)16-6-2-3-7-17(16)21/h2-3,6-9,11,15H,4-5,10,12-13H2,1H3,(H,22,23). The highest BCUT2D eigenvalue weighted by atomic mass is 79.9. The van der Waals surface area contributed by atoms with Crippen LogP contribution in [0.5, 0.6) is 11.5 Å². The molecule has 1 aliphatic rings. The van der Waals surface area contributed by atoms with Crippen molar-refractivity contribution < 1.29 is 19.0 Å². The molecule has 0 radical (unpaired) electrons. The zero-order chi connectivity index (χ0) is 18.4. The fourth-order valence-electron chi connectivity index (χ4n) is 2.82. The molecular weight excluding hydrogens is 398 g/mol. The van der Waals surface area contributed by atoms with E-state index in [2.05, 4.69) is 21.2 Å². The van der Waals surface area contributed by atoms with E-state index in [1.165, 1.54) is 0 Å². The summed E-state index contributed by atoms with van der Waals surface area (Å²) in [6, 6.07) is 13.0. The Morgan fingerprint density at radius 2 is 2.12 bits per heavy atom. The molecule has 6 heteroatoms. The molecule has 3 rings (SSSR count). The number of benzene rings is 2. The number of hydrogen-bond acceptors (Lipinski definition) is 4. The first-order valence-electron chi connectivity index (χ1n) is 8.61. The first-order chi connectivity index (χ1) is 12.7. The molecule has 138 valence electrons. The molecule has 1 aliphatic heterocycles. The smallest absolute Gasteiger partial charge is 0.252 e. The van der Waals surface area contributed by atoms with Gasteiger partial charge in [0.05, 0.1) is 18.8 Å². The number of amides is 1. The van der Waals surface area contributed by atoms with Gasteiger partial charge in [0, 0.05) is 17.6 Å². The van der Waals surface area contributed by atoms with Crippen molar-refractivity contribution >= 4 is 21.8 Å². The summed E-state index contributed by atoms with van der Waals surface area (Å²) in [5.74, 6) is 1.20. The predicted octanol–water partition coefficient (Wildman–Crippen LogP) is 3.95. The summed E-state index contributed by atoms with van der Waals surface area (Å²) in [7, 11) is 1.61. The molecule has 1 unspecified atom stereocenters. The summed E-state index contributed by atoms with van der Waals surface area (Å²) in [5.41, 5.74) is 1.54. The summed E-state index contributed by atoms with van der Waals surface area (Å²) < 4.78 is 17.6. The number of rotatable bonds is 7. The van der Waals surface area contributed by atoms with E-state index >= 15 is 0 Å². The zero-order valence-electron chi connectivity index (χ0n) is 14.7. The van der Waals surface area contributed by atoms with Crippen molar-refractivity contribution in [2.24, 2.45) is 0 Å². The average molecular weight is 420 g/mol. The van der Waals surface area contributed by atoms with Gasteiger partial charge in [0.25, 0.3) is 5.91 Å². The van der Waals surface area contributed by atoms with Crippen molar-refractivity contribution in [1.82, 2.24) is 5.32 Å². The maximum Gasteiger partial charge on any atom is 0.252 e. The number of carbonyl (C=O) groups is 1. The number of nitrogens with one attached hydrogen (secondary N) is 1. The van der Waals surface area contributed by atoms with Crippen LogP contribution in [0.2, 0.25) is 0 Å². The Morgan fingerprint density at radius 3 is 2.85 bits per heavy atom. The van der Waals surface area contributed by atoms with Crippen molar-refractivity contribution in [2.45, 2.75) is 25.5 Å². The molecule has 1 saturated heterocycles. The highest BCUT2D eigenvalue weighted by Gasteiger charge is 2.17. The van der Waals surface area contributed by atoms with Crippen LogP contribution >= 0.6 is 15.9 Å². The lowest BCUT2D eigenvalue weighted by Crippen LogP contribution is -2.23. The Kier molecular flexibility index (Phi) is 6.52. The Labute approximate surface area is 161 Å². The quantitative estimate of drug-likeness (QED) is 0.737. The van der Waals surface area contributed by atoms with Crippen molar-refractivity contribution in [2.75, 3.05) is 20.3 Å². The van der Waals surface area contributed by atoms with Gasteiger partial charge in [0.2, 0.25) is 0 Å². The van der Waals surface area contributed by atoms with Crippen LogP contribution in [-0.2, 0) is 11.3 Å². The lowest BCUT2D eigenvalue weighted by atomic mass is 10.1. The van der Waals surface area contributed by atoms with Gasteiger partial charge in [-0.05, 0) is 58.6 Å². The van der Waals surface area contributed by atoms with Gasteiger partial charge in [-0.15, -0.1) is 0 Å². The highest BCUT2D eigenvalue weighted by Crippen LogP contribution is 2.29. The van der Waals surface area contributed by atoms with E-state index in [1.807, 2.05) is 36.4 Å². The fraction of sp³-hybridized carbons (Fsp3) is 0.350. The molecule has 1 heterocycles. The lowest BCUT2D eigenvalue weighted by Gasteiger charge is -2.15. The molecule has 2 aromatic carbocycles. The SMILES string of the molecule is COc1cc(CNC(=O)c2ccccc2Br)ccc1OCC1CCCO1. The Bertz CT molecular complexity index is 759. The van der Waals surface area contributed by atoms with Gasteiger partial charge in [-0.1, -0.05) is 18.2 Å². The second kappa shape index (κ2) is 9.05. The van der Waals surface area contributed by atoms with Crippen LogP contribution < -0.4 is 14.8 Å². The number of carbonyl (C=O) groups excluding carboxylic acids is 1. The monoisotopic (exact) mass is 419 g/mol. The van der Waals surface area contributed by atoms with E-state index in [4.69, 9.17) is 14.2 Å². The summed E-state index contributed by atoms with van der Waals surface area (Å²) in [4.78, 5) is 12.3. The predicted molar refractivity (Wildman–Crippen MR) is 103 cm³/mol. The van der Waals surface area contributed by atoms with Crippen LogP contribution in [0.4, 0.5) is 0 Å². The number of methoxy groups -OCH3 is 1. The number of hydrogen-bond donors (Lipinski definition) is 1. The normalized spacial score (nSPS) is 16.3. The van der Waals surface area contributed by atoms with Gasteiger partial charge in [-0.3, -0.25) is 4.79 Å². The van der Waals surface area contributed by atoms with E-state index in [0.29, 0.717) is 30.2 Å². The molecule has 26 heavy (non-hydrogen) atoms. The molecule has 2 aromatic rings. The molecule has 0 aliphatic carbocycles. The third kappa shape index (κ3) is 4.77. The molecule has 1 fully saturated rings. The van der Waals surface area contributed by atoms with Crippen LogP contribution in [0.25, 0.3) is 0 Å². The average Bonchev–Trinajstić information content (AvgIpc) is 3.18. The van der Waals surface area contributed by atoms with Crippen LogP contribution in [0.15, 0.2) is 46.9 Å². The summed E-state index contributed by atoms with van der Waals surface area (Å²) in [5, 5.41) is 2.92. The van der Waals surface area contributed by atoms with Crippen molar-refractivity contribution in [1.29, 1.82) is 0 Å². The van der Waals surface area contributed by atoms with E-state index in [-0.39, 0.29) is 12.0 Å². The van der Waals surface area contributed by atoms with Crippen LogP contribution in [0.3, 0.4) is 0 Å². The maximum atomic E-state index is 12.3. The first kappa shape index (κ1) is 18.7. The third-order valence-electron chi connectivity index (χ3n) is 4.25. The second-order valence-electron chi connectivity index (χ2n) is 6.09. The van der Waals surface area contributed by atoms with E-state index in [1.54, 1.807) is 13.2 Å². The summed E-state index contributed by atoms with van der Waals surface area (Å²) in [6.45, 7) is 1.73. The topological polar surface area (TPSA) is 56.8 Å². The molecule has 5 nitrogen and oxygen atoms in total. The first-order valence-corrected chi connectivity index (χ1v) is 9.40. The second-order valence-corrected chi connectivity index (χ2v) is 6.95. The zero-order valence-corrected chi connectivity index (χ0v) is 16.3. The molecular formula is C20H22BrNO4. The fourth-order valence-corrected chi connectivity index (χ4v) is 3.29. The Morgan fingerprint density at radius 1 is 1.27 bits per heavy atom. The van der Waals surface area contributed by atoms with Gasteiger partial charge in [0.1, 0.15) is 6.61 Å². The maximum absolute atomic E-state index is 12.3. The number of halogens is 1. The minimum absolute atomic E-state index is 0.129. The minimum Gasteiger partial charge on any atom is -0.493 e. The van der Waals surface area contributed by atoms with Crippen molar-refractivity contribution in [3.63, 3.8) is 0 Å². The third-order valence-corrected chi connectivity index (χ3v) is 4.94. The molecule has 1 atom stereocenters. The molecule has 0 spiro atoms. The summed E-state index contributed by atoms with van der Waals surface area (Å²) in [6.07, 6.45) is 2.27. The van der Waals surface area contributed by atoms with Crippen LogP contribution in [-0.4, -0.2) is 32.3 Å². The number of ether oxygens (including phenoxy) is 3. The van der Waals surface area contributed by atoms with Gasteiger partial charge in [-0.25, -0.2) is 0 Å². The minimum atomic E-state index is -0.129. The highest BCUT2D eigenvalue weighted by molar-refractivity contribution is 9.10. The van der Waals surface area contributed by atoms with Gasteiger partial charge in [-0.2, -0.15) is 0 Å². The largest absolute Gasteiger partial charge is 0.493 e. The van der Waals surface area contributed by atoms with Gasteiger partial charge < -0.3 is 19.5 Å². The lowest BCUT2D eigenvalue weighted by molar-refractivity contribution is 0.0669. The van der Waals surface area contributed by atoms with E-state index in [0.717, 1.165) is 29.5 Å². The van der Waals surface area contributed by atoms with Crippen molar-refractivity contribution in [3.8, 4) is 11.5 Å². The van der Waals surface area contributed by atoms with Crippen LogP contribution in [0.1, 0.15) is 28.8 Å². The van der Waals surface area contributed by atoms with Gasteiger partial charge >= 0.3 is 0 Å². The molecule has 0 bridgehead atoms. The Balaban J connectivity index is 1.59. The van der Waals surface area contributed by atoms with E-state index < -0.39 is 0 Å². The molecule has 1 amide bonds. The molecule has 1 N–H and O–H groups in total. The molecule has 0 aromatic heterocycles.